The lowest BCUT2D eigenvalue weighted by Gasteiger charge is -2.23. The Bertz CT molecular complexity index is 1900. The fraction of sp³-hybridized carbons (Fsp3) is 0.0455. The van der Waals surface area contributed by atoms with Gasteiger partial charge < -0.3 is 4.90 Å². The Morgan fingerprint density at radius 1 is 0.478 bits per heavy atom. The van der Waals surface area contributed by atoms with Crippen molar-refractivity contribution < 1.29 is 4.39 Å². The van der Waals surface area contributed by atoms with Crippen LogP contribution in [0.25, 0.3) is 17.2 Å². The normalized spacial score (nSPS) is 11.4. The SMILES string of the molecule is Cc1ccc(C(=CN(c2ccccc2)c2ccc(C=CC=C(c3ccccc3)c3ccc(F)cc3)cc2)c2ccc(C)cc2)cc1. The molecule has 0 aliphatic carbocycles. The Morgan fingerprint density at radius 2 is 0.935 bits per heavy atom. The monoisotopic (exact) mass is 597 g/mol. The second kappa shape index (κ2) is 14.4. The van der Waals surface area contributed by atoms with Crippen molar-refractivity contribution in [3.63, 3.8) is 0 Å². The van der Waals surface area contributed by atoms with Crippen LogP contribution in [-0.2, 0) is 0 Å². The first-order valence-corrected chi connectivity index (χ1v) is 15.5. The molecule has 0 amide bonds. The molecule has 0 heterocycles. The van der Waals surface area contributed by atoms with Gasteiger partial charge in [-0.25, -0.2) is 4.39 Å². The van der Waals surface area contributed by atoms with Crippen LogP contribution in [0, 0.1) is 19.7 Å². The van der Waals surface area contributed by atoms with Gasteiger partial charge in [0.15, 0.2) is 0 Å². The third kappa shape index (κ3) is 7.49. The lowest BCUT2D eigenvalue weighted by atomic mass is 9.96. The number of rotatable bonds is 9. The van der Waals surface area contributed by atoms with Gasteiger partial charge in [0, 0.05) is 23.1 Å². The molecule has 0 aliphatic rings. The third-order valence-electron chi connectivity index (χ3n) is 7.98. The van der Waals surface area contributed by atoms with E-state index >= 15 is 0 Å². The van der Waals surface area contributed by atoms with Crippen molar-refractivity contribution in [1.29, 1.82) is 0 Å². The zero-order valence-electron chi connectivity index (χ0n) is 26.1. The Hall–Kier alpha value is -5.73. The molecule has 224 valence electrons. The molecule has 0 aliphatic heterocycles. The number of halogens is 1. The van der Waals surface area contributed by atoms with Crippen molar-refractivity contribution in [3.8, 4) is 0 Å². The molecule has 6 aromatic carbocycles. The summed E-state index contributed by atoms with van der Waals surface area (Å²) in [5, 5.41) is 0. The average molecular weight is 598 g/mol. The number of allylic oxidation sites excluding steroid dienone is 2. The van der Waals surface area contributed by atoms with E-state index < -0.39 is 0 Å². The van der Waals surface area contributed by atoms with E-state index in [1.165, 1.54) is 23.3 Å². The zero-order chi connectivity index (χ0) is 31.7. The summed E-state index contributed by atoms with van der Waals surface area (Å²) < 4.78 is 13.7. The summed E-state index contributed by atoms with van der Waals surface area (Å²) in [4.78, 5) is 2.25. The van der Waals surface area contributed by atoms with Crippen molar-refractivity contribution in [1.82, 2.24) is 0 Å². The van der Waals surface area contributed by atoms with Gasteiger partial charge in [-0.1, -0.05) is 151 Å². The van der Waals surface area contributed by atoms with Gasteiger partial charge in [-0.2, -0.15) is 0 Å². The van der Waals surface area contributed by atoms with Gasteiger partial charge in [0.25, 0.3) is 0 Å². The number of anilines is 2. The fourth-order valence-electron chi connectivity index (χ4n) is 5.41. The zero-order valence-corrected chi connectivity index (χ0v) is 26.1. The van der Waals surface area contributed by atoms with Crippen LogP contribution in [0.3, 0.4) is 0 Å². The molecule has 0 fully saturated rings. The molecule has 0 atom stereocenters. The average Bonchev–Trinajstić information content (AvgIpc) is 3.10. The van der Waals surface area contributed by atoms with Crippen LogP contribution >= 0.6 is 0 Å². The highest BCUT2D eigenvalue weighted by Gasteiger charge is 2.12. The molecule has 0 aromatic heterocycles. The Morgan fingerprint density at radius 3 is 1.50 bits per heavy atom. The number of nitrogens with zero attached hydrogens (tertiary/aromatic N) is 1. The van der Waals surface area contributed by atoms with Gasteiger partial charge in [-0.3, -0.25) is 0 Å². The lowest BCUT2D eigenvalue weighted by Crippen LogP contribution is -2.10. The van der Waals surface area contributed by atoms with Crippen LogP contribution in [0.2, 0.25) is 0 Å². The largest absolute Gasteiger partial charge is 0.317 e. The first-order valence-electron chi connectivity index (χ1n) is 15.5. The van der Waals surface area contributed by atoms with E-state index in [1.807, 2.05) is 36.4 Å². The molecule has 0 radical (unpaired) electrons. The standard InChI is InChI=1S/C44H36FN/c1-33-16-22-38(23-17-33)44(39-24-18-34(2)19-25-39)32-46(41-13-7-4-8-14-41)42-30-20-35(21-31-42)10-9-15-43(36-11-5-3-6-12-36)37-26-28-40(45)29-27-37/h3-32H,1-2H3. The molecular formula is C44H36FN. The molecule has 0 unspecified atom stereocenters. The van der Waals surface area contributed by atoms with Crippen LogP contribution in [-0.4, -0.2) is 0 Å². The van der Waals surface area contributed by atoms with Gasteiger partial charge >= 0.3 is 0 Å². The minimum atomic E-state index is -0.240. The molecule has 2 heteroatoms. The van der Waals surface area contributed by atoms with E-state index in [1.54, 1.807) is 0 Å². The smallest absolute Gasteiger partial charge is 0.123 e. The predicted molar refractivity (Wildman–Crippen MR) is 193 cm³/mol. The maximum Gasteiger partial charge on any atom is 0.123 e. The molecule has 0 bridgehead atoms. The van der Waals surface area contributed by atoms with E-state index in [-0.39, 0.29) is 5.82 Å². The van der Waals surface area contributed by atoms with Crippen LogP contribution in [0.1, 0.15) is 38.9 Å². The maximum absolute atomic E-state index is 13.7. The second-order valence-electron chi connectivity index (χ2n) is 11.4. The van der Waals surface area contributed by atoms with Gasteiger partial charge in [0.05, 0.1) is 0 Å². The molecule has 6 rings (SSSR count). The highest BCUT2D eigenvalue weighted by molar-refractivity contribution is 5.84. The highest BCUT2D eigenvalue weighted by Crippen LogP contribution is 2.32. The van der Waals surface area contributed by atoms with Gasteiger partial charge in [0.1, 0.15) is 5.82 Å². The minimum Gasteiger partial charge on any atom is -0.317 e. The second-order valence-corrected chi connectivity index (χ2v) is 11.4. The summed E-state index contributed by atoms with van der Waals surface area (Å²) in [7, 11) is 0. The van der Waals surface area contributed by atoms with E-state index in [0.717, 1.165) is 50.3 Å². The fourth-order valence-corrected chi connectivity index (χ4v) is 5.41. The number of hydrogen-bond donors (Lipinski definition) is 0. The van der Waals surface area contributed by atoms with Gasteiger partial charge in [-0.15, -0.1) is 0 Å². The number of para-hydroxylation sites is 1. The van der Waals surface area contributed by atoms with Crippen molar-refractivity contribution in [2.24, 2.45) is 0 Å². The van der Waals surface area contributed by atoms with Crippen LogP contribution in [0.15, 0.2) is 176 Å². The molecule has 0 saturated carbocycles. The summed E-state index contributed by atoms with van der Waals surface area (Å²) in [5.74, 6) is -0.240. The van der Waals surface area contributed by atoms with Gasteiger partial charge in [-0.05, 0) is 83.6 Å². The quantitative estimate of drug-likeness (QED) is 0.150. The molecule has 46 heavy (non-hydrogen) atoms. The molecule has 0 saturated heterocycles. The van der Waals surface area contributed by atoms with Crippen molar-refractivity contribution >= 4 is 28.6 Å². The summed E-state index contributed by atoms with van der Waals surface area (Å²) in [6.07, 6.45) is 8.49. The first kappa shape index (κ1) is 30.3. The highest BCUT2D eigenvalue weighted by atomic mass is 19.1. The minimum absolute atomic E-state index is 0.240. The molecule has 1 nitrogen and oxygen atoms in total. The Balaban J connectivity index is 1.35. The third-order valence-corrected chi connectivity index (χ3v) is 7.98. The van der Waals surface area contributed by atoms with Crippen molar-refractivity contribution in [2.75, 3.05) is 4.90 Å². The predicted octanol–water partition coefficient (Wildman–Crippen LogP) is 11.8. The summed E-state index contributed by atoms with van der Waals surface area (Å²) in [6, 6.07) is 53.4. The molecule has 0 spiro atoms. The summed E-state index contributed by atoms with van der Waals surface area (Å²) in [6.45, 7) is 4.23. The van der Waals surface area contributed by atoms with Crippen LogP contribution < -0.4 is 4.90 Å². The van der Waals surface area contributed by atoms with Gasteiger partial charge in [0.2, 0.25) is 0 Å². The summed E-state index contributed by atoms with van der Waals surface area (Å²) in [5.41, 5.74) is 12.3. The molecular weight excluding hydrogens is 561 g/mol. The summed E-state index contributed by atoms with van der Waals surface area (Å²) >= 11 is 0. The first-order chi connectivity index (χ1) is 22.5. The van der Waals surface area contributed by atoms with Crippen LogP contribution in [0.5, 0.6) is 0 Å². The molecule has 6 aromatic rings. The van der Waals surface area contributed by atoms with Crippen LogP contribution in [0.4, 0.5) is 15.8 Å². The molecule has 0 N–H and O–H groups in total. The Labute approximate surface area is 271 Å². The Kier molecular flexibility index (Phi) is 9.46. The number of aryl methyl sites for hydroxylation is 2. The number of benzene rings is 6. The van der Waals surface area contributed by atoms with Crippen molar-refractivity contribution in [2.45, 2.75) is 13.8 Å². The topological polar surface area (TPSA) is 3.24 Å². The number of hydrogen-bond acceptors (Lipinski definition) is 1. The van der Waals surface area contributed by atoms with E-state index in [4.69, 9.17) is 0 Å². The van der Waals surface area contributed by atoms with Crippen molar-refractivity contribution in [3.05, 3.63) is 221 Å². The lowest BCUT2D eigenvalue weighted by molar-refractivity contribution is 0.627. The van der Waals surface area contributed by atoms with E-state index in [2.05, 4.69) is 152 Å². The van der Waals surface area contributed by atoms with E-state index in [9.17, 15) is 4.39 Å². The maximum atomic E-state index is 13.7. The van der Waals surface area contributed by atoms with E-state index in [0.29, 0.717) is 0 Å².